The molecule has 0 saturated carbocycles. The van der Waals surface area contributed by atoms with Gasteiger partial charge in [-0.1, -0.05) is 30.3 Å². The first-order valence-corrected chi connectivity index (χ1v) is 6.94. The lowest BCUT2D eigenvalue weighted by Crippen LogP contribution is -2.04. The van der Waals surface area contributed by atoms with E-state index in [0.717, 1.165) is 17.3 Å². The maximum atomic E-state index is 11.9. The maximum absolute atomic E-state index is 11.9. The van der Waals surface area contributed by atoms with Crippen LogP contribution in [0.25, 0.3) is 11.1 Å². The number of benzene rings is 1. The molecule has 1 aromatic heterocycles. The molecule has 1 aromatic carbocycles. The minimum atomic E-state index is -0.489. The van der Waals surface area contributed by atoms with E-state index in [1.54, 1.807) is 0 Å². The number of ether oxygens (including phenoxy) is 1. The van der Waals surface area contributed by atoms with E-state index in [9.17, 15) is 4.79 Å². The van der Waals surface area contributed by atoms with Gasteiger partial charge in [-0.2, -0.15) is 5.26 Å². The second-order valence-corrected chi connectivity index (χ2v) is 5.66. The van der Waals surface area contributed by atoms with E-state index < -0.39 is 5.97 Å². The molecule has 0 atom stereocenters. The number of nitrogen functional groups attached to an aromatic ring is 1. The van der Waals surface area contributed by atoms with Gasteiger partial charge in [0, 0.05) is 17.3 Å². The maximum Gasteiger partial charge on any atom is 0.341 e. The summed E-state index contributed by atoms with van der Waals surface area (Å²) in [5, 5.41) is 11.2. The van der Waals surface area contributed by atoms with Crippen molar-refractivity contribution in [3.05, 3.63) is 35.9 Å². The average Bonchev–Trinajstić information content (AvgIpc) is 2.76. The van der Waals surface area contributed by atoms with E-state index in [1.807, 2.05) is 35.7 Å². The summed E-state index contributed by atoms with van der Waals surface area (Å²) in [5.74, 6) is -0.489. The van der Waals surface area contributed by atoms with Crippen molar-refractivity contribution in [2.45, 2.75) is 4.21 Å². The fourth-order valence-corrected chi connectivity index (χ4v) is 3.47. The van der Waals surface area contributed by atoms with Gasteiger partial charge in [-0.05, 0) is 5.56 Å². The Balaban J connectivity index is 2.68. The number of thiophene rings is 1. The van der Waals surface area contributed by atoms with Crippen molar-refractivity contribution in [2.75, 3.05) is 12.8 Å². The highest BCUT2D eigenvalue weighted by atomic mass is 32.2. The summed E-state index contributed by atoms with van der Waals surface area (Å²) in [6, 6.07) is 9.36. The summed E-state index contributed by atoms with van der Waals surface area (Å²) in [5.41, 5.74) is 7.72. The molecule has 0 aliphatic heterocycles. The van der Waals surface area contributed by atoms with Gasteiger partial charge in [-0.15, -0.1) is 11.3 Å². The zero-order valence-corrected chi connectivity index (χ0v) is 11.7. The summed E-state index contributed by atoms with van der Waals surface area (Å²) < 4.78 is 5.47. The molecule has 6 heteroatoms. The predicted molar refractivity (Wildman–Crippen MR) is 77.0 cm³/mol. The van der Waals surface area contributed by atoms with Crippen molar-refractivity contribution < 1.29 is 9.53 Å². The highest BCUT2D eigenvalue weighted by Crippen LogP contribution is 2.44. The zero-order valence-electron chi connectivity index (χ0n) is 10.0. The van der Waals surface area contributed by atoms with E-state index in [2.05, 4.69) is 0 Å². The molecule has 19 heavy (non-hydrogen) atoms. The van der Waals surface area contributed by atoms with Crippen molar-refractivity contribution in [1.29, 1.82) is 5.26 Å². The van der Waals surface area contributed by atoms with Crippen molar-refractivity contribution in [2.24, 2.45) is 0 Å². The normalized spacial score (nSPS) is 9.89. The second-order valence-electron chi connectivity index (χ2n) is 3.55. The van der Waals surface area contributed by atoms with Gasteiger partial charge in [0.25, 0.3) is 0 Å². The molecule has 1 heterocycles. The van der Waals surface area contributed by atoms with E-state index in [4.69, 9.17) is 15.7 Å². The first-order chi connectivity index (χ1) is 9.19. The first-order valence-electron chi connectivity index (χ1n) is 5.31. The number of hydrogen-bond acceptors (Lipinski definition) is 6. The molecular formula is C13H10N2O2S2. The molecule has 96 valence electrons. The van der Waals surface area contributed by atoms with Crippen LogP contribution in [0.4, 0.5) is 5.00 Å². The van der Waals surface area contributed by atoms with Gasteiger partial charge in [0.15, 0.2) is 0 Å². The number of nitrogens with two attached hydrogens (primary N) is 1. The minimum Gasteiger partial charge on any atom is -0.465 e. The third-order valence-electron chi connectivity index (χ3n) is 2.49. The molecule has 4 nitrogen and oxygen atoms in total. The highest BCUT2D eigenvalue weighted by Gasteiger charge is 2.24. The van der Waals surface area contributed by atoms with Crippen LogP contribution in [0.2, 0.25) is 0 Å². The fraction of sp³-hybridized carbons (Fsp3) is 0.0769. The lowest BCUT2D eigenvalue weighted by atomic mass is 10.0. The number of hydrogen-bond donors (Lipinski definition) is 1. The Morgan fingerprint density at radius 2 is 2.11 bits per heavy atom. The topological polar surface area (TPSA) is 76.1 Å². The smallest absolute Gasteiger partial charge is 0.341 e. The number of thiocyanates is 1. The van der Waals surface area contributed by atoms with Crippen molar-refractivity contribution in [3.63, 3.8) is 0 Å². The Bertz CT molecular complexity index is 645. The SMILES string of the molecule is COC(=O)c1c(N)sc(SC#N)c1-c1ccccc1. The first kappa shape index (κ1) is 13.5. The van der Waals surface area contributed by atoms with Crippen LogP contribution in [0.3, 0.4) is 0 Å². The van der Waals surface area contributed by atoms with Crippen LogP contribution in [-0.2, 0) is 4.74 Å². The molecule has 2 rings (SSSR count). The molecule has 0 aliphatic rings. The summed E-state index contributed by atoms with van der Waals surface area (Å²) in [6.07, 6.45) is 0. The van der Waals surface area contributed by atoms with Crippen LogP contribution in [0.15, 0.2) is 34.5 Å². The number of esters is 1. The van der Waals surface area contributed by atoms with Gasteiger partial charge in [-0.25, -0.2) is 4.79 Å². The molecular weight excluding hydrogens is 280 g/mol. The lowest BCUT2D eigenvalue weighted by Gasteiger charge is -2.05. The van der Waals surface area contributed by atoms with E-state index in [1.165, 1.54) is 18.4 Å². The van der Waals surface area contributed by atoms with Crippen LogP contribution < -0.4 is 5.73 Å². The van der Waals surface area contributed by atoms with E-state index in [-0.39, 0.29) is 0 Å². The Labute approximate surface area is 118 Å². The highest BCUT2D eigenvalue weighted by molar-refractivity contribution is 8.05. The molecule has 0 radical (unpaired) electrons. The molecule has 2 aromatic rings. The summed E-state index contributed by atoms with van der Waals surface area (Å²) in [6.45, 7) is 0. The molecule has 0 bridgehead atoms. The van der Waals surface area contributed by atoms with Gasteiger partial charge < -0.3 is 10.5 Å². The van der Waals surface area contributed by atoms with Crippen molar-refractivity contribution >= 4 is 34.1 Å². The van der Waals surface area contributed by atoms with Gasteiger partial charge in [0.1, 0.15) is 16.0 Å². The van der Waals surface area contributed by atoms with E-state index >= 15 is 0 Å². The number of rotatable bonds is 3. The Morgan fingerprint density at radius 3 is 2.68 bits per heavy atom. The van der Waals surface area contributed by atoms with Crippen LogP contribution in [-0.4, -0.2) is 13.1 Å². The molecule has 0 unspecified atom stereocenters. The number of nitrogens with zero attached hydrogens (tertiary/aromatic N) is 1. The van der Waals surface area contributed by atoms with Crippen LogP contribution in [0.5, 0.6) is 0 Å². The Hall–Kier alpha value is -1.97. The standard InChI is InChI=1S/C13H10N2O2S2/c1-17-12(16)10-9(8-5-3-2-4-6-8)13(18-7-14)19-11(10)15/h2-6H,15H2,1H3. The molecule has 2 N–H and O–H groups in total. The largest absolute Gasteiger partial charge is 0.465 e. The zero-order chi connectivity index (χ0) is 13.8. The summed E-state index contributed by atoms with van der Waals surface area (Å²) >= 11 is 2.22. The Kier molecular flexibility index (Phi) is 4.10. The molecule has 0 amide bonds. The average molecular weight is 290 g/mol. The number of carbonyl (C=O) groups is 1. The molecule has 0 aliphatic carbocycles. The summed E-state index contributed by atoms with van der Waals surface area (Å²) in [4.78, 5) is 11.9. The molecule has 0 saturated heterocycles. The Morgan fingerprint density at radius 1 is 1.42 bits per heavy atom. The fourth-order valence-electron chi connectivity index (χ4n) is 1.71. The quantitative estimate of drug-likeness (QED) is 0.533. The van der Waals surface area contributed by atoms with Crippen LogP contribution >= 0.6 is 23.1 Å². The monoisotopic (exact) mass is 290 g/mol. The number of nitriles is 1. The molecule has 0 spiro atoms. The van der Waals surface area contributed by atoms with Gasteiger partial charge in [0.2, 0.25) is 0 Å². The van der Waals surface area contributed by atoms with Gasteiger partial charge in [0.05, 0.1) is 11.3 Å². The lowest BCUT2D eigenvalue weighted by molar-refractivity contribution is 0.0603. The number of methoxy groups -OCH3 is 1. The van der Waals surface area contributed by atoms with Crippen molar-refractivity contribution in [3.8, 4) is 16.5 Å². The third-order valence-corrected chi connectivity index (χ3v) is 4.29. The number of carbonyl (C=O) groups excluding carboxylic acids is 1. The third kappa shape index (κ3) is 2.57. The molecule has 0 fully saturated rings. The van der Waals surface area contributed by atoms with Crippen molar-refractivity contribution in [1.82, 2.24) is 0 Å². The summed E-state index contributed by atoms with van der Waals surface area (Å²) in [7, 11) is 1.31. The van der Waals surface area contributed by atoms with Gasteiger partial charge >= 0.3 is 5.97 Å². The number of thioether (sulfide) groups is 1. The van der Waals surface area contributed by atoms with E-state index in [0.29, 0.717) is 20.3 Å². The second kappa shape index (κ2) is 5.78. The van der Waals surface area contributed by atoms with Crippen LogP contribution in [0.1, 0.15) is 10.4 Å². The van der Waals surface area contributed by atoms with Crippen LogP contribution in [0, 0.1) is 10.7 Å². The predicted octanol–water partition coefficient (Wildman–Crippen LogP) is 3.36. The minimum absolute atomic E-state index is 0.330. The van der Waals surface area contributed by atoms with Gasteiger partial charge in [-0.3, -0.25) is 0 Å². The number of anilines is 1.